The molecular weight excluding hydrogens is 244 g/mol. The SMILES string of the molecule is CC1CCC(NCc2cc(C(N)=O)cs2)C(C)C1. The Morgan fingerprint density at radius 3 is 2.89 bits per heavy atom. The lowest BCUT2D eigenvalue weighted by molar-refractivity contribution is 0.100. The first kappa shape index (κ1) is 13.6. The van der Waals surface area contributed by atoms with Crippen LogP contribution in [0.5, 0.6) is 0 Å². The molecule has 0 bridgehead atoms. The van der Waals surface area contributed by atoms with Gasteiger partial charge in [-0.1, -0.05) is 13.8 Å². The van der Waals surface area contributed by atoms with Gasteiger partial charge in [0.25, 0.3) is 0 Å². The Morgan fingerprint density at radius 1 is 1.50 bits per heavy atom. The molecule has 3 N–H and O–H groups in total. The van der Waals surface area contributed by atoms with Gasteiger partial charge in [-0.05, 0) is 37.2 Å². The molecule has 1 aromatic rings. The monoisotopic (exact) mass is 266 g/mol. The van der Waals surface area contributed by atoms with Crippen molar-refractivity contribution in [1.82, 2.24) is 5.32 Å². The fourth-order valence-electron chi connectivity index (χ4n) is 2.80. The van der Waals surface area contributed by atoms with Crippen molar-refractivity contribution in [2.75, 3.05) is 0 Å². The van der Waals surface area contributed by atoms with Crippen LogP contribution in [0.3, 0.4) is 0 Å². The predicted molar refractivity (Wildman–Crippen MR) is 75.6 cm³/mol. The molecule has 1 aromatic heterocycles. The lowest BCUT2D eigenvalue weighted by Crippen LogP contribution is -2.38. The molecule has 1 saturated carbocycles. The summed E-state index contributed by atoms with van der Waals surface area (Å²) in [5, 5.41) is 5.46. The van der Waals surface area contributed by atoms with Crippen LogP contribution in [0.4, 0.5) is 0 Å². The molecule has 0 aliphatic heterocycles. The van der Waals surface area contributed by atoms with Crippen molar-refractivity contribution in [3.05, 3.63) is 21.9 Å². The Hall–Kier alpha value is -0.870. The van der Waals surface area contributed by atoms with Crippen LogP contribution in [0, 0.1) is 11.8 Å². The molecule has 1 amide bonds. The first-order chi connectivity index (χ1) is 8.56. The zero-order valence-corrected chi connectivity index (χ0v) is 11.9. The van der Waals surface area contributed by atoms with Crippen molar-refractivity contribution in [1.29, 1.82) is 0 Å². The molecule has 0 radical (unpaired) electrons. The molecule has 2 rings (SSSR count). The number of thiophene rings is 1. The Morgan fingerprint density at radius 2 is 2.28 bits per heavy atom. The van der Waals surface area contributed by atoms with E-state index in [1.165, 1.54) is 24.1 Å². The van der Waals surface area contributed by atoms with Crippen LogP contribution in [0.15, 0.2) is 11.4 Å². The molecule has 3 nitrogen and oxygen atoms in total. The van der Waals surface area contributed by atoms with Gasteiger partial charge in [-0.15, -0.1) is 11.3 Å². The first-order valence-corrected chi connectivity index (χ1v) is 7.55. The second-order valence-electron chi connectivity index (χ2n) is 5.55. The average Bonchev–Trinajstić information content (AvgIpc) is 2.76. The third-order valence-corrected chi connectivity index (χ3v) is 4.84. The normalized spacial score (nSPS) is 28.2. The molecule has 0 aromatic carbocycles. The van der Waals surface area contributed by atoms with Crippen LogP contribution in [0.25, 0.3) is 0 Å². The van der Waals surface area contributed by atoms with E-state index in [1.54, 1.807) is 11.3 Å². The van der Waals surface area contributed by atoms with Crippen molar-refractivity contribution < 1.29 is 4.79 Å². The largest absolute Gasteiger partial charge is 0.366 e. The Labute approximate surface area is 113 Å². The third kappa shape index (κ3) is 3.33. The fraction of sp³-hybridized carbons (Fsp3) is 0.643. The molecule has 18 heavy (non-hydrogen) atoms. The maximum absolute atomic E-state index is 11.0. The number of amides is 1. The molecule has 1 fully saturated rings. The maximum atomic E-state index is 11.0. The summed E-state index contributed by atoms with van der Waals surface area (Å²) in [6.45, 7) is 5.52. The van der Waals surface area contributed by atoms with Crippen LogP contribution >= 0.6 is 11.3 Å². The quantitative estimate of drug-likeness (QED) is 0.880. The van der Waals surface area contributed by atoms with Gasteiger partial charge in [-0.3, -0.25) is 4.79 Å². The summed E-state index contributed by atoms with van der Waals surface area (Å²) in [6.07, 6.45) is 3.89. The van der Waals surface area contributed by atoms with Gasteiger partial charge < -0.3 is 11.1 Å². The molecule has 0 spiro atoms. The van der Waals surface area contributed by atoms with E-state index in [2.05, 4.69) is 19.2 Å². The average molecular weight is 266 g/mol. The lowest BCUT2D eigenvalue weighted by Gasteiger charge is -2.33. The van der Waals surface area contributed by atoms with Crippen LogP contribution in [0.1, 0.15) is 48.3 Å². The summed E-state index contributed by atoms with van der Waals surface area (Å²) in [5.41, 5.74) is 5.88. The van der Waals surface area contributed by atoms with Crippen LogP contribution in [-0.4, -0.2) is 11.9 Å². The number of nitrogens with two attached hydrogens (primary N) is 1. The van der Waals surface area contributed by atoms with Gasteiger partial charge in [-0.25, -0.2) is 0 Å². The van der Waals surface area contributed by atoms with Crippen LogP contribution in [-0.2, 0) is 6.54 Å². The number of hydrogen-bond acceptors (Lipinski definition) is 3. The molecule has 1 heterocycles. The van der Waals surface area contributed by atoms with E-state index in [-0.39, 0.29) is 5.91 Å². The van der Waals surface area contributed by atoms with E-state index in [0.29, 0.717) is 11.6 Å². The van der Waals surface area contributed by atoms with Crippen molar-refractivity contribution in [3.8, 4) is 0 Å². The highest BCUT2D eigenvalue weighted by Gasteiger charge is 2.24. The Balaban J connectivity index is 1.85. The van der Waals surface area contributed by atoms with Gasteiger partial charge in [0.05, 0.1) is 5.56 Å². The zero-order valence-electron chi connectivity index (χ0n) is 11.1. The number of carbonyl (C=O) groups excluding carboxylic acids is 1. The van der Waals surface area contributed by atoms with Crippen LogP contribution < -0.4 is 11.1 Å². The summed E-state index contributed by atoms with van der Waals surface area (Å²) in [5.74, 6) is 1.27. The van der Waals surface area contributed by atoms with Crippen molar-refractivity contribution >= 4 is 17.2 Å². The summed E-state index contributed by atoms with van der Waals surface area (Å²) in [4.78, 5) is 12.2. The second kappa shape index (κ2) is 5.85. The van der Waals surface area contributed by atoms with Crippen molar-refractivity contribution in [2.24, 2.45) is 17.6 Å². The van der Waals surface area contributed by atoms with Gasteiger partial charge in [0.2, 0.25) is 5.91 Å². The van der Waals surface area contributed by atoms with Crippen LogP contribution in [0.2, 0.25) is 0 Å². The highest BCUT2D eigenvalue weighted by Crippen LogP contribution is 2.29. The molecule has 1 aliphatic rings. The fourth-order valence-corrected chi connectivity index (χ4v) is 3.63. The molecular formula is C14H22N2OS. The summed E-state index contributed by atoms with van der Waals surface area (Å²) < 4.78 is 0. The van der Waals surface area contributed by atoms with Gasteiger partial charge in [-0.2, -0.15) is 0 Å². The molecule has 3 unspecified atom stereocenters. The summed E-state index contributed by atoms with van der Waals surface area (Å²) in [6, 6.07) is 2.51. The van der Waals surface area contributed by atoms with E-state index >= 15 is 0 Å². The standard InChI is InChI=1S/C14H22N2OS/c1-9-3-4-13(10(2)5-9)16-7-12-6-11(8-18-12)14(15)17/h6,8-10,13,16H,3-5,7H2,1-2H3,(H2,15,17). The second-order valence-corrected chi connectivity index (χ2v) is 6.54. The predicted octanol–water partition coefficient (Wildman–Crippen LogP) is 2.76. The summed E-state index contributed by atoms with van der Waals surface area (Å²) >= 11 is 1.60. The van der Waals surface area contributed by atoms with E-state index in [0.717, 1.165) is 18.4 Å². The summed E-state index contributed by atoms with van der Waals surface area (Å²) in [7, 11) is 0. The number of rotatable bonds is 4. The minimum atomic E-state index is -0.336. The lowest BCUT2D eigenvalue weighted by atomic mass is 9.80. The molecule has 0 saturated heterocycles. The zero-order chi connectivity index (χ0) is 13.1. The Kier molecular flexibility index (Phi) is 4.40. The number of primary amides is 1. The van der Waals surface area contributed by atoms with Gasteiger partial charge in [0.1, 0.15) is 0 Å². The Bertz CT molecular complexity index is 416. The van der Waals surface area contributed by atoms with E-state index < -0.39 is 0 Å². The molecule has 3 atom stereocenters. The smallest absolute Gasteiger partial charge is 0.249 e. The topological polar surface area (TPSA) is 55.1 Å². The number of hydrogen-bond donors (Lipinski definition) is 2. The van der Waals surface area contributed by atoms with Gasteiger partial charge >= 0.3 is 0 Å². The highest BCUT2D eigenvalue weighted by molar-refractivity contribution is 7.10. The molecule has 1 aliphatic carbocycles. The number of carbonyl (C=O) groups is 1. The van der Waals surface area contributed by atoms with E-state index in [9.17, 15) is 4.79 Å². The molecule has 100 valence electrons. The van der Waals surface area contributed by atoms with Crippen molar-refractivity contribution in [2.45, 2.75) is 45.7 Å². The molecule has 4 heteroatoms. The van der Waals surface area contributed by atoms with E-state index in [4.69, 9.17) is 5.73 Å². The van der Waals surface area contributed by atoms with Gasteiger partial charge in [0.15, 0.2) is 0 Å². The highest BCUT2D eigenvalue weighted by atomic mass is 32.1. The minimum Gasteiger partial charge on any atom is -0.366 e. The van der Waals surface area contributed by atoms with Gasteiger partial charge in [0, 0.05) is 22.8 Å². The minimum absolute atomic E-state index is 0.336. The maximum Gasteiger partial charge on any atom is 0.249 e. The van der Waals surface area contributed by atoms with E-state index in [1.807, 2.05) is 11.4 Å². The first-order valence-electron chi connectivity index (χ1n) is 6.67. The van der Waals surface area contributed by atoms with Crippen molar-refractivity contribution in [3.63, 3.8) is 0 Å². The third-order valence-electron chi connectivity index (χ3n) is 3.91. The number of nitrogens with one attached hydrogen (secondary N) is 1.